The van der Waals surface area contributed by atoms with Crippen LogP contribution in [0.2, 0.25) is 0 Å². The minimum atomic E-state index is 0.593. The minimum absolute atomic E-state index is 0.593. The molecule has 5 heteroatoms. The van der Waals surface area contributed by atoms with Crippen molar-refractivity contribution in [2.24, 2.45) is 0 Å². The number of rotatable bonds is 4. The fraction of sp³-hybridized carbons (Fsp3) is 0. The Morgan fingerprint density at radius 1 is 0.438 bits per heavy atom. The molecule has 0 aliphatic carbocycles. The van der Waals surface area contributed by atoms with Crippen LogP contribution < -0.4 is 0 Å². The van der Waals surface area contributed by atoms with Gasteiger partial charge in [0.15, 0.2) is 17.5 Å². The van der Waals surface area contributed by atoms with Gasteiger partial charge in [-0.1, -0.05) is 121 Å². The first-order valence-electron chi connectivity index (χ1n) is 16.0. The average molecular weight is 615 g/mol. The summed E-state index contributed by atoms with van der Waals surface area (Å²) >= 11 is 0. The molecule has 0 unspecified atom stereocenters. The maximum Gasteiger partial charge on any atom is 0.164 e. The molecule has 0 amide bonds. The van der Waals surface area contributed by atoms with Crippen molar-refractivity contribution in [1.82, 2.24) is 19.5 Å². The summed E-state index contributed by atoms with van der Waals surface area (Å²) in [4.78, 5) is 15.4. The standard InChI is InChI=1S/C43H26N4O/c1-3-13-28(14-4-1)41-44-42(29-23-24-33-32-18-9-10-21-37(32)48-38(33)26-29)46-43(45-41)35-19-11-20-36-39(35)34-25-22-27-12-7-8-17-31(27)40(34)47(36)30-15-5-2-6-16-30/h1-26H. The summed E-state index contributed by atoms with van der Waals surface area (Å²) in [6, 6.07) is 54.4. The molecule has 0 fully saturated rings. The zero-order chi connectivity index (χ0) is 31.6. The third kappa shape index (κ3) is 4.08. The SMILES string of the molecule is c1ccc(-c2nc(-c3ccc4c(c3)oc3ccccc34)nc(-c3cccc4c3c3ccc5ccccc5c3n4-c3ccccc3)n2)cc1. The summed E-state index contributed by atoms with van der Waals surface area (Å²) in [5.74, 6) is 1.83. The van der Waals surface area contributed by atoms with Gasteiger partial charge >= 0.3 is 0 Å². The predicted molar refractivity (Wildman–Crippen MR) is 195 cm³/mol. The summed E-state index contributed by atoms with van der Waals surface area (Å²) in [5.41, 5.74) is 7.77. The van der Waals surface area contributed by atoms with Gasteiger partial charge in [-0.15, -0.1) is 0 Å². The molecular formula is C43H26N4O. The minimum Gasteiger partial charge on any atom is -0.456 e. The normalized spacial score (nSPS) is 11.8. The van der Waals surface area contributed by atoms with E-state index in [1.54, 1.807) is 0 Å². The summed E-state index contributed by atoms with van der Waals surface area (Å²) < 4.78 is 8.62. The van der Waals surface area contributed by atoms with E-state index in [2.05, 4.69) is 108 Å². The Morgan fingerprint density at radius 3 is 1.96 bits per heavy atom. The van der Waals surface area contributed by atoms with E-state index in [0.717, 1.165) is 66.1 Å². The summed E-state index contributed by atoms with van der Waals surface area (Å²) in [6.45, 7) is 0. The highest BCUT2D eigenvalue weighted by molar-refractivity contribution is 6.22. The number of nitrogens with zero attached hydrogens (tertiary/aromatic N) is 4. The van der Waals surface area contributed by atoms with Crippen LogP contribution in [0, 0.1) is 0 Å². The third-order valence-corrected chi connectivity index (χ3v) is 9.24. The highest BCUT2D eigenvalue weighted by Gasteiger charge is 2.21. The highest BCUT2D eigenvalue weighted by atomic mass is 16.3. The molecule has 3 aromatic heterocycles. The molecule has 0 aliphatic heterocycles. The number of benzene rings is 7. The Morgan fingerprint density at radius 2 is 1.10 bits per heavy atom. The number of hydrogen-bond donors (Lipinski definition) is 0. The average Bonchev–Trinajstić information content (AvgIpc) is 3.71. The van der Waals surface area contributed by atoms with Gasteiger partial charge in [0.05, 0.1) is 11.0 Å². The predicted octanol–water partition coefficient (Wildman–Crippen LogP) is 11.0. The van der Waals surface area contributed by atoms with Gasteiger partial charge in [0.1, 0.15) is 11.2 Å². The molecule has 10 rings (SSSR count). The van der Waals surface area contributed by atoms with Crippen molar-refractivity contribution in [3.8, 4) is 39.9 Å². The zero-order valence-electron chi connectivity index (χ0n) is 25.7. The van der Waals surface area contributed by atoms with Gasteiger partial charge in [-0.3, -0.25) is 0 Å². The number of hydrogen-bond acceptors (Lipinski definition) is 4. The summed E-state index contributed by atoms with van der Waals surface area (Å²) in [5, 5.41) is 6.80. The Labute approximate surface area is 275 Å². The van der Waals surface area contributed by atoms with Crippen LogP contribution in [-0.4, -0.2) is 19.5 Å². The van der Waals surface area contributed by atoms with E-state index in [1.165, 1.54) is 10.8 Å². The summed E-state index contributed by atoms with van der Waals surface area (Å²) in [7, 11) is 0. The van der Waals surface area contributed by atoms with Gasteiger partial charge in [0.2, 0.25) is 0 Å². The van der Waals surface area contributed by atoms with Gasteiger partial charge in [-0.05, 0) is 41.8 Å². The molecular weight excluding hydrogens is 589 g/mol. The highest BCUT2D eigenvalue weighted by Crippen LogP contribution is 2.41. The number of fused-ring (bicyclic) bond motifs is 8. The van der Waals surface area contributed by atoms with Gasteiger partial charge in [0.25, 0.3) is 0 Å². The van der Waals surface area contributed by atoms with Crippen LogP contribution >= 0.6 is 0 Å². The first-order chi connectivity index (χ1) is 23.8. The topological polar surface area (TPSA) is 56.7 Å². The molecule has 0 saturated carbocycles. The van der Waals surface area contributed by atoms with E-state index in [1.807, 2.05) is 54.6 Å². The van der Waals surface area contributed by atoms with E-state index in [9.17, 15) is 0 Å². The van der Waals surface area contributed by atoms with Gasteiger partial charge < -0.3 is 8.98 Å². The fourth-order valence-corrected chi connectivity index (χ4v) is 7.07. The van der Waals surface area contributed by atoms with E-state index in [4.69, 9.17) is 19.4 Å². The second-order valence-electron chi connectivity index (χ2n) is 12.0. The molecule has 5 nitrogen and oxygen atoms in total. The Balaban J connectivity index is 1.27. The smallest absolute Gasteiger partial charge is 0.164 e. The molecule has 0 bridgehead atoms. The fourth-order valence-electron chi connectivity index (χ4n) is 7.07. The molecule has 10 aromatic rings. The van der Waals surface area contributed by atoms with Crippen molar-refractivity contribution in [3.63, 3.8) is 0 Å². The van der Waals surface area contributed by atoms with Gasteiger partial charge in [-0.2, -0.15) is 0 Å². The largest absolute Gasteiger partial charge is 0.456 e. The van der Waals surface area contributed by atoms with Crippen LogP contribution in [0.1, 0.15) is 0 Å². The first kappa shape index (κ1) is 26.6. The lowest BCUT2D eigenvalue weighted by atomic mass is 10.0. The van der Waals surface area contributed by atoms with E-state index in [-0.39, 0.29) is 0 Å². The van der Waals surface area contributed by atoms with Crippen molar-refractivity contribution < 1.29 is 4.42 Å². The molecule has 224 valence electrons. The maximum atomic E-state index is 6.26. The zero-order valence-corrected chi connectivity index (χ0v) is 25.7. The van der Waals surface area contributed by atoms with Crippen LogP contribution in [0.4, 0.5) is 0 Å². The van der Waals surface area contributed by atoms with Crippen LogP contribution in [0.15, 0.2) is 162 Å². The van der Waals surface area contributed by atoms with Crippen LogP contribution in [0.3, 0.4) is 0 Å². The number of furan rings is 1. The molecule has 0 radical (unpaired) electrons. The molecule has 48 heavy (non-hydrogen) atoms. The number of para-hydroxylation sites is 2. The molecule has 7 aromatic carbocycles. The first-order valence-corrected chi connectivity index (χ1v) is 16.0. The Kier molecular flexibility index (Phi) is 5.81. The molecule has 3 heterocycles. The second kappa shape index (κ2) is 10.5. The second-order valence-corrected chi connectivity index (χ2v) is 12.0. The molecule has 0 aliphatic rings. The lowest BCUT2D eigenvalue weighted by Gasteiger charge is -2.10. The molecule has 0 atom stereocenters. The van der Waals surface area contributed by atoms with Crippen LogP contribution in [0.5, 0.6) is 0 Å². The van der Waals surface area contributed by atoms with Gasteiger partial charge in [-0.25, -0.2) is 15.0 Å². The van der Waals surface area contributed by atoms with Gasteiger partial charge in [0, 0.05) is 49.3 Å². The van der Waals surface area contributed by atoms with E-state index in [0.29, 0.717) is 17.5 Å². The maximum absolute atomic E-state index is 6.26. The quantitative estimate of drug-likeness (QED) is 0.198. The van der Waals surface area contributed by atoms with Crippen molar-refractivity contribution in [2.75, 3.05) is 0 Å². The lowest BCUT2D eigenvalue weighted by Crippen LogP contribution is -2.00. The van der Waals surface area contributed by atoms with E-state index < -0.39 is 0 Å². The Bertz CT molecular complexity index is 2830. The van der Waals surface area contributed by atoms with E-state index >= 15 is 0 Å². The monoisotopic (exact) mass is 614 g/mol. The van der Waals surface area contributed by atoms with Crippen molar-refractivity contribution in [1.29, 1.82) is 0 Å². The van der Waals surface area contributed by atoms with Crippen LogP contribution in [-0.2, 0) is 0 Å². The third-order valence-electron chi connectivity index (χ3n) is 9.24. The van der Waals surface area contributed by atoms with Crippen molar-refractivity contribution in [3.05, 3.63) is 158 Å². The molecule has 0 N–H and O–H groups in total. The molecule has 0 spiro atoms. The van der Waals surface area contributed by atoms with Crippen molar-refractivity contribution in [2.45, 2.75) is 0 Å². The van der Waals surface area contributed by atoms with Crippen molar-refractivity contribution >= 4 is 54.5 Å². The number of aromatic nitrogens is 4. The molecule has 0 saturated heterocycles. The van der Waals surface area contributed by atoms with Crippen LogP contribution in [0.25, 0.3) is 94.4 Å². The lowest BCUT2D eigenvalue weighted by molar-refractivity contribution is 0.669. The summed E-state index contributed by atoms with van der Waals surface area (Å²) in [6.07, 6.45) is 0. The Hall–Kier alpha value is -6.59.